The first kappa shape index (κ1) is 14.2. The summed E-state index contributed by atoms with van der Waals surface area (Å²) in [5, 5.41) is 0. The zero-order valence-electron chi connectivity index (χ0n) is 12.5. The number of carbonyl (C=O) groups excluding carboxylic acids is 1. The van der Waals surface area contributed by atoms with Crippen LogP contribution in [0.15, 0.2) is 48.2 Å². The Kier molecular flexibility index (Phi) is 3.83. The highest BCUT2D eigenvalue weighted by Gasteiger charge is 2.27. The summed E-state index contributed by atoms with van der Waals surface area (Å²) in [5.41, 5.74) is 1.43. The van der Waals surface area contributed by atoms with Crippen LogP contribution in [0.2, 0.25) is 0 Å². The molecule has 0 spiro atoms. The van der Waals surface area contributed by atoms with Gasteiger partial charge in [0, 0.05) is 6.07 Å². The molecule has 1 heterocycles. The van der Waals surface area contributed by atoms with Gasteiger partial charge in [0.05, 0.1) is 19.3 Å². The Morgan fingerprint density at radius 3 is 2.50 bits per heavy atom. The number of ether oxygens (including phenoxy) is 3. The zero-order chi connectivity index (χ0) is 15.5. The van der Waals surface area contributed by atoms with E-state index in [9.17, 15) is 4.79 Å². The quantitative estimate of drug-likeness (QED) is 0.807. The van der Waals surface area contributed by atoms with Crippen LogP contribution in [0, 0.1) is 0 Å². The van der Waals surface area contributed by atoms with E-state index in [1.807, 2.05) is 31.2 Å². The molecule has 0 bridgehead atoms. The molecule has 0 unspecified atom stereocenters. The number of fused-ring (bicyclic) bond motifs is 1. The van der Waals surface area contributed by atoms with Gasteiger partial charge in [-0.05, 0) is 42.8 Å². The third-order valence-corrected chi connectivity index (χ3v) is 3.37. The van der Waals surface area contributed by atoms with E-state index in [0.717, 1.165) is 11.3 Å². The lowest BCUT2D eigenvalue weighted by molar-refractivity contribution is 0.101. The number of Topliss-reactive ketones (excluding diaryl/α,β-unsaturated/α-hetero) is 1. The normalized spacial score (nSPS) is 14.6. The van der Waals surface area contributed by atoms with E-state index < -0.39 is 0 Å². The Morgan fingerprint density at radius 1 is 1.09 bits per heavy atom. The number of methoxy groups -OCH3 is 1. The van der Waals surface area contributed by atoms with Crippen LogP contribution in [0.3, 0.4) is 0 Å². The molecule has 1 aliphatic heterocycles. The summed E-state index contributed by atoms with van der Waals surface area (Å²) in [6.45, 7) is 2.56. The predicted molar refractivity (Wildman–Crippen MR) is 83.5 cm³/mol. The molecule has 0 fully saturated rings. The molecule has 0 amide bonds. The largest absolute Gasteiger partial charge is 0.497 e. The van der Waals surface area contributed by atoms with Crippen molar-refractivity contribution in [2.45, 2.75) is 6.92 Å². The number of carbonyl (C=O) groups is 1. The molecule has 2 aromatic carbocycles. The summed E-state index contributed by atoms with van der Waals surface area (Å²) < 4.78 is 16.2. The fourth-order valence-corrected chi connectivity index (χ4v) is 2.27. The van der Waals surface area contributed by atoms with Crippen LogP contribution in [-0.2, 0) is 0 Å². The Hall–Kier alpha value is -2.75. The second kappa shape index (κ2) is 5.93. The highest BCUT2D eigenvalue weighted by Crippen LogP contribution is 2.34. The highest BCUT2D eigenvalue weighted by atomic mass is 16.5. The summed E-state index contributed by atoms with van der Waals surface area (Å²) in [6, 6.07) is 12.7. The molecule has 3 rings (SSSR count). The smallest absolute Gasteiger partial charge is 0.231 e. The van der Waals surface area contributed by atoms with E-state index in [4.69, 9.17) is 14.2 Å². The first-order chi connectivity index (χ1) is 10.7. The molecule has 1 aliphatic rings. The minimum absolute atomic E-state index is 0.119. The SMILES string of the molecule is CCOc1ccc(C=C2Oc3cc(OC)ccc3C2=O)cc1. The molecule has 0 aromatic heterocycles. The van der Waals surface area contributed by atoms with Crippen molar-refractivity contribution in [3.8, 4) is 17.2 Å². The van der Waals surface area contributed by atoms with Gasteiger partial charge in [-0.2, -0.15) is 0 Å². The van der Waals surface area contributed by atoms with Crippen LogP contribution < -0.4 is 14.2 Å². The number of ketones is 1. The van der Waals surface area contributed by atoms with Gasteiger partial charge in [0.1, 0.15) is 17.2 Å². The molecule has 0 radical (unpaired) electrons. The topological polar surface area (TPSA) is 44.8 Å². The van der Waals surface area contributed by atoms with Crippen molar-refractivity contribution in [3.63, 3.8) is 0 Å². The lowest BCUT2D eigenvalue weighted by atomic mass is 10.1. The van der Waals surface area contributed by atoms with Gasteiger partial charge in [-0.15, -0.1) is 0 Å². The maximum atomic E-state index is 12.3. The van der Waals surface area contributed by atoms with Crippen molar-refractivity contribution in [2.24, 2.45) is 0 Å². The number of benzene rings is 2. The summed E-state index contributed by atoms with van der Waals surface area (Å²) in [6.07, 6.45) is 1.73. The van der Waals surface area contributed by atoms with E-state index in [0.29, 0.717) is 29.4 Å². The van der Waals surface area contributed by atoms with E-state index in [-0.39, 0.29) is 5.78 Å². The summed E-state index contributed by atoms with van der Waals surface area (Å²) in [5.74, 6) is 2.19. The van der Waals surface area contributed by atoms with E-state index in [2.05, 4.69) is 0 Å². The minimum Gasteiger partial charge on any atom is -0.497 e. The second-order valence-corrected chi connectivity index (χ2v) is 4.80. The zero-order valence-corrected chi connectivity index (χ0v) is 12.5. The molecular formula is C18H16O4. The molecule has 0 aliphatic carbocycles. The third kappa shape index (κ3) is 2.68. The first-order valence-electron chi connectivity index (χ1n) is 7.06. The third-order valence-electron chi connectivity index (χ3n) is 3.37. The molecule has 0 saturated carbocycles. The van der Waals surface area contributed by atoms with E-state index >= 15 is 0 Å². The average molecular weight is 296 g/mol. The summed E-state index contributed by atoms with van der Waals surface area (Å²) in [4.78, 5) is 12.3. The van der Waals surface area contributed by atoms with E-state index in [1.165, 1.54) is 0 Å². The van der Waals surface area contributed by atoms with Crippen LogP contribution in [0.4, 0.5) is 0 Å². The molecule has 112 valence electrons. The van der Waals surface area contributed by atoms with Gasteiger partial charge in [-0.1, -0.05) is 12.1 Å². The van der Waals surface area contributed by atoms with Gasteiger partial charge in [0.25, 0.3) is 0 Å². The first-order valence-corrected chi connectivity index (χ1v) is 7.06. The fourth-order valence-electron chi connectivity index (χ4n) is 2.27. The van der Waals surface area contributed by atoms with Crippen molar-refractivity contribution in [2.75, 3.05) is 13.7 Å². The lowest BCUT2D eigenvalue weighted by Crippen LogP contribution is -1.98. The lowest BCUT2D eigenvalue weighted by Gasteiger charge is -2.03. The van der Waals surface area contributed by atoms with Crippen molar-refractivity contribution in [1.82, 2.24) is 0 Å². The summed E-state index contributed by atoms with van der Waals surface area (Å²) >= 11 is 0. The average Bonchev–Trinajstić information content (AvgIpc) is 2.85. The highest BCUT2D eigenvalue weighted by molar-refractivity contribution is 6.14. The van der Waals surface area contributed by atoms with Crippen LogP contribution >= 0.6 is 0 Å². The standard InChI is InChI=1S/C18H16O4/c1-3-21-13-6-4-12(5-7-13)10-17-18(19)15-9-8-14(20-2)11-16(15)22-17/h4-11H,3H2,1-2H3. The van der Waals surface area contributed by atoms with Crippen molar-refractivity contribution >= 4 is 11.9 Å². The number of rotatable bonds is 4. The number of hydrogen-bond acceptors (Lipinski definition) is 4. The molecule has 0 N–H and O–H groups in total. The van der Waals surface area contributed by atoms with Crippen molar-refractivity contribution < 1.29 is 19.0 Å². The second-order valence-electron chi connectivity index (χ2n) is 4.80. The Balaban J connectivity index is 1.85. The summed E-state index contributed by atoms with van der Waals surface area (Å²) in [7, 11) is 1.58. The van der Waals surface area contributed by atoms with Crippen LogP contribution in [0.25, 0.3) is 6.08 Å². The number of hydrogen-bond donors (Lipinski definition) is 0. The molecular weight excluding hydrogens is 280 g/mol. The predicted octanol–water partition coefficient (Wildman–Crippen LogP) is 3.71. The Morgan fingerprint density at radius 2 is 1.82 bits per heavy atom. The molecule has 0 saturated heterocycles. The maximum Gasteiger partial charge on any atom is 0.231 e. The molecule has 4 nitrogen and oxygen atoms in total. The minimum atomic E-state index is -0.119. The van der Waals surface area contributed by atoms with Crippen molar-refractivity contribution in [1.29, 1.82) is 0 Å². The van der Waals surface area contributed by atoms with Crippen LogP contribution in [0.5, 0.6) is 17.2 Å². The molecule has 22 heavy (non-hydrogen) atoms. The van der Waals surface area contributed by atoms with Gasteiger partial charge in [-0.25, -0.2) is 0 Å². The van der Waals surface area contributed by atoms with Crippen LogP contribution in [-0.4, -0.2) is 19.5 Å². The molecule has 4 heteroatoms. The van der Waals surface area contributed by atoms with Gasteiger partial charge < -0.3 is 14.2 Å². The van der Waals surface area contributed by atoms with E-state index in [1.54, 1.807) is 31.4 Å². The van der Waals surface area contributed by atoms with Crippen LogP contribution in [0.1, 0.15) is 22.8 Å². The monoisotopic (exact) mass is 296 g/mol. The van der Waals surface area contributed by atoms with Gasteiger partial charge >= 0.3 is 0 Å². The molecule has 2 aromatic rings. The number of allylic oxidation sites excluding steroid dienone is 1. The molecule has 0 atom stereocenters. The Labute approximate surface area is 128 Å². The van der Waals surface area contributed by atoms with Gasteiger partial charge in [0.2, 0.25) is 5.78 Å². The maximum absolute atomic E-state index is 12.3. The van der Waals surface area contributed by atoms with Gasteiger partial charge in [-0.3, -0.25) is 4.79 Å². The fraction of sp³-hybridized carbons (Fsp3) is 0.167. The van der Waals surface area contributed by atoms with Gasteiger partial charge in [0.15, 0.2) is 5.76 Å². The Bertz CT molecular complexity index is 729. The van der Waals surface area contributed by atoms with Crippen molar-refractivity contribution in [3.05, 3.63) is 59.4 Å².